The minimum absolute atomic E-state index is 0.0413. The maximum Gasteiger partial charge on any atom is 0.325 e. The van der Waals surface area contributed by atoms with Crippen LogP contribution in [0.4, 0.5) is 5.69 Å². The molecule has 1 rings (SSSR count). The van der Waals surface area contributed by atoms with Gasteiger partial charge in [-0.1, -0.05) is 13.8 Å². The molecule has 1 heterocycles. The zero-order valence-electron chi connectivity index (χ0n) is 12.4. The molecule has 0 aliphatic carbocycles. The predicted octanol–water partition coefficient (Wildman–Crippen LogP) is 1.51. The summed E-state index contributed by atoms with van der Waals surface area (Å²) in [5, 5.41) is 0. The minimum atomic E-state index is -0.423. The SMILES string of the molecule is CCCN(CC(=O)OC)C(=O)c1cc(N)cn1CCC. The van der Waals surface area contributed by atoms with Crippen molar-refractivity contribution in [3.63, 3.8) is 0 Å². The van der Waals surface area contributed by atoms with Gasteiger partial charge in [0.2, 0.25) is 0 Å². The molecule has 0 aromatic carbocycles. The molecule has 2 N–H and O–H groups in total. The van der Waals surface area contributed by atoms with Crippen LogP contribution in [-0.4, -0.2) is 41.5 Å². The van der Waals surface area contributed by atoms with E-state index in [1.54, 1.807) is 12.3 Å². The van der Waals surface area contributed by atoms with E-state index in [4.69, 9.17) is 5.73 Å². The second kappa shape index (κ2) is 7.57. The molecule has 1 amide bonds. The Balaban J connectivity index is 2.96. The van der Waals surface area contributed by atoms with Gasteiger partial charge >= 0.3 is 5.97 Å². The summed E-state index contributed by atoms with van der Waals surface area (Å²) in [5.41, 5.74) is 6.83. The smallest absolute Gasteiger partial charge is 0.325 e. The van der Waals surface area contributed by atoms with E-state index in [9.17, 15) is 9.59 Å². The second-order valence-electron chi connectivity index (χ2n) is 4.65. The van der Waals surface area contributed by atoms with Gasteiger partial charge in [-0.15, -0.1) is 0 Å². The number of aryl methyl sites for hydroxylation is 1. The van der Waals surface area contributed by atoms with E-state index in [1.807, 2.05) is 18.4 Å². The molecule has 0 saturated heterocycles. The third kappa shape index (κ3) is 4.01. The molecule has 0 fully saturated rings. The van der Waals surface area contributed by atoms with E-state index >= 15 is 0 Å². The van der Waals surface area contributed by atoms with Gasteiger partial charge in [0, 0.05) is 19.3 Å². The van der Waals surface area contributed by atoms with Crippen LogP contribution in [0.2, 0.25) is 0 Å². The first kappa shape index (κ1) is 16.1. The number of amides is 1. The molecule has 0 radical (unpaired) electrons. The normalized spacial score (nSPS) is 10.3. The second-order valence-corrected chi connectivity index (χ2v) is 4.65. The van der Waals surface area contributed by atoms with E-state index < -0.39 is 5.97 Å². The number of carbonyl (C=O) groups is 2. The number of carbonyl (C=O) groups excluding carboxylic acids is 2. The van der Waals surface area contributed by atoms with E-state index in [0.29, 0.717) is 17.9 Å². The lowest BCUT2D eigenvalue weighted by Gasteiger charge is -2.21. The standard InChI is InChI=1S/C14H23N3O3/c1-4-6-16-9-11(15)8-12(16)14(19)17(7-5-2)10-13(18)20-3/h8-9H,4-7,10,15H2,1-3H3. The fraction of sp³-hybridized carbons (Fsp3) is 0.571. The molecule has 6 nitrogen and oxygen atoms in total. The highest BCUT2D eigenvalue weighted by Crippen LogP contribution is 2.14. The summed E-state index contributed by atoms with van der Waals surface area (Å²) < 4.78 is 6.46. The summed E-state index contributed by atoms with van der Waals surface area (Å²) in [6.45, 7) is 5.17. The highest BCUT2D eigenvalue weighted by molar-refractivity contribution is 5.95. The van der Waals surface area contributed by atoms with Gasteiger partial charge < -0.3 is 19.9 Å². The Morgan fingerprint density at radius 3 is 2.60 bits per heavy atom. The molecule has 0 bridgehead atoms. The molecule has 0 spiro atoms. The fourth-order valence-electron chi connectivity index (χ4n) is 2.04. The molecular weight excluding hydrogens is 258 g/mol. The number of nitrogens with zero attached hydrogens (tertiary/aromatic N) is 2. The molecule has 112 valence electrons. The Kier molecular flexibility index (Phi) is 6.09. The number of aromatic nitrogens is 1. The number of hydrogen-bond donors (Lipinski definition) is 1. The van der Waals surface area contributed by atoms with Gasteiger partial charge in [0.05, 0.1) is 12.8 Å². The Hall–Kier alpha value is -1.98. The van der Waals surface area contributed by atoms with Crippen molar-refractivity contribution in [1.82, 2.24) is 9.47 Å². The minimum Gasteiger partial charge on any atom is -0.468 e. The summed E-state index contributed by atoms with van der Waals surface area (Å²) in [6.07, 6.45) is 3.42. The first-order valence-corrected chi connectivity index (χ1v) is 6.85. The molecule has 0 saturated carbocycles. The van der Waals surface area contributed by atoms with Gasteiger partial charge in [0.1, 0.15) is 12.2 Å². The van der Waals surface area contributed by atoms with E-state index in [0.717, 1.165) is 19.4 Å². The number of ether oxygens (including phenoxy) is 1. The van der Waals surface area contributed by atoms with Crippen LogP contribution in [0, 0.1) is 0 Å². The maximum absolute atomic E-state index is 12.5. The van der Waals surface area contributed by atoms with Gasteiger partial charge in [0.25, 0.3) is 5.91 Å². The third-order valence-corrected chi connectivity index (χ3v) is 2.93. The zero-order valence-corrected chi connectivity index (χ0v) is 12.4. The number of hydrogen-bond acceptors (Lipinski definition) is 4. The lowest BCUT2D eigenvalue weighted by molar-refractivity contribution is -0.141. The largest absolute Gasteiger partial charge is 0.468 e. The number of esters is 1. The molecule has 0 unspecified atom stereocenters. The van der Waals surface area contributed by atoms with Crippen molar-refractivity contribution in [2.45, 2.75) is 33.2 Å². The highest BCUT2D eigenvalue weighted by Gasteiger charge is 2.21. The van der Waals surface area contributed by atoms with Crippen LogP contribution in [-0.2, 0) is 16.1 Å². The Morgan fingerprint density at radius 2 is 2.05 bits per heavy atom. The summed E-state index contributed by atoms with van der Waals surface area (Å²) in [4.78, 5) is 25.4. The zero-order chi connectivity index (χ0) is 15.1. The summed E-state index contributed by atoms with van der Waals surface area (Å²) >= 11 is 0. The molecule has 1 aromatic heterocycles. The van der Waals surface area contributed by atoms with Crippen molar-refractivity contribution in [2.75, 3.05) is 25.9 Å². The van der Waals surface area contributed by atoms with Crippen molar-refractivity contribution < 1.29 is 14.3 Å². The summed E-state index contributed by atoms with van der Waals surface area (Å²) in [5.74, 6) is -0.615. The van der Waals surface area contributed by atoms with Crippen LogP contribution in [0.1, 0.15) is 37.2 Å². The molecular formula is C14H23N3O3. The summed E-state index contributed by atoms with van der Waals surface area (Å²) in [7, 11) is 1.31. The lowest BCUT2D eigenvalue weighted by atomic mass is 10.3. The molecule has 0 atom stereocenters. The first-order chi connectivity index (χ1) is 9.53. The van der Waals surface area contributed by atoms with Crippen LogP contribution in [0.15, 0.2) is 12.3 Å². The Labute approximate surface area is 119 Å². The quantitative estimate of drug-likeness (QED) is 0.768. The van der Waals surface area contributed by atoms with Crippen molar-refractivity contribution in [3.8, 4) is 0 Å². The molecule has 20 heavy (non-hydrogen) atoms. The Morgan fingerprint density at radius 1 is 1.35 bits per heavy atom. The summed E-state index contributed by atoms with van der Waals surface area (Å²) in [6, 6.07) is 1.65. The van der Waals surface area contributed by atoms with Crippen LogP contribution in [0.25, 0.3) is 0 Å². The fourth-order valence-corrected chi connectivity index (χ4v) is 2.04. The topological polar surface area (TPSA) is 77.6 Å². The van der Waals surface area contributed by atoms with E-state index in [2.05, 4.69) is 4.74 Å². The average Bonchev–Trinajstić information content (AvgIpc) is 2.78. The lowest BCUT2D eigenvalue weighted by Crippen LogP contribution is -2.37. The van der Waals surface area contributed by atoms with Gasteiger partial charge in [-0.3, -0.25) is 9.59 Å². The van der Waals surface area contributed by atoms with Gasteiger partial charge in [-0.05, 0) is 18.9 Å². The first-order valence-electron chi connectivity index (χ1n) is 6.85. The molecule has 1 aromatic rings. The monoisotopic (exact) mass is 281 g/mol. The van der Waals surface area contributed by atoms with Gasteiger partial charge in [-0.25, -0.2) is 0 Å². The van der Waals surface area contributed by atoms with Gasteiger partial charge in [0.15, 0.2) is 0 Å². The maximum atomic E-state index is 12.5. The Bertz CT molecular complexity index is 468. The molecule has 6 heteroatoms. The number of rotatable bonds is 7. The van der Waals surface area contributed by atoms with Crippen LogP contribution < -0.4 is 5.73 Å². The van der Waals surface area contributed by atoms with Crippen molar-refractivity contribution >= 4 is 17.6 Å². The van der Waals surface area contributed by atoms with Crippen molar-refractivity contribution in [3.05, 3.63) is 18.0 Å². The average molecular weight is 281 g/mol. The van der Waals surface area contributed by atoms with Crippen LogP contribution in [0.5, 0.6) is 0 Å². The highest BCUT2D eigenvalue weighted by atomic mass is 16.5. The van der Waals surface area contributed by atoms with E-state index in [-0.39, 0.29) is 12.5 Å². The predicted molar refractivity (Wildman–Crippen MR) is 77.3 cm³/mol. The number of anilines is 1. The van der Waals surface area contributed by atoms with Crippen LogP contribution in [0.3, 0.4) is 0 Å². The van der Waals surface area contributed by atoms with E-state index in [1.165, 1.54) is 12.0 Å². The van der Waals surface area contributed by atoms with Crippen molar-refractivity contribution in [1.29, 1.82) is 0 Å². The number of methoxy groups -OCH3 is 1. The van der Waals surface area contributed by atoms with Gasteiger partial charge in [-0.2, -0.15) is 0 Å². The molecule has 0 aliphatic heterocycles. The number of nitrogen functional groups attached to an aromatic ring is 1. The molecule has 0 aliphatic rings. The van der Waals surface area contributed by atoms with Crippen molar-refractivity contribution in [2.24, 2.45) is 0 Å². The number of nitrogens with two attached hydrogens (primary N) is 1. The van der Waals surface area contributed by atoms with Crippen LogP contribution >= 0.6 is 0 Å². The third-order valence-electron chi connectivity index (χ3n) is 2.93.